The number of hydrogen-bond acceptors (Lipinski definition) is 5. The van der Waals surface area contributed by atoms with Crippen LogP contribution in [0.5, 0.6) is 5.75 Å². The van der Waals surface area contributed by atoms with Gasteiger partial charge in [-0.25, -0.2) is 0 Å². The maximum absolute atomic E-state index is 9.85. The summed E-state index contributed by atoms with van der Waals surface area (Å²) in [6.07, 6.45) is -0.673. The lowest BCUT2D eigenvalue weighted by Gasteiger charge is -2.13. The summed E-state index contributed by atoms with van der Waals surface area (Å²) in [4.78, 5) is 0. The summed E-state index contributed by atoms with van der Waals surface area (Å²) in [7, 11) is 0. The highest BCUT2D eigenvalue weighted by molar-refractivity contribution is 6.34. The number of aromatic nitrogens is 1. The molecule has 2 rings (SSSR count). The second kappa shape index (κ2) is 7.66. The van der Waals surface area contributed by atoms with E-state index in [1.54, 1.807) is 18.2 Å². The van der Waals surface area contributed by atoms with E-state index in [-0.39, 0.29) is 6.61 Å². The quantitative estimate of drug-likeness (QED) is 0.817. The van der Waals surface area contributed by atoms with Gasteiger partial charge in [-0.2, -0.15) is 0 Å². The first-order chi connectivity index (χ1) is 10.0. The molecule has 1 aromatic heterocycles. The lowest BCUT2D eigenvalue weighted by molar-refractivity contribution is 0.106. The van der Waals surface area contributed by atoms with Crippen LogP contribution in [0.1, 0.15) is 11.5 Å². The first-order valence-corrected chi connectivity index (χ1v) is 7.19. The topological polar surface area (TPSA) is 67.5 Å². The van der Waals surface area contributed by atoms with Gasteiger partial charge in [0, 0.05) is 30.2 Å². The minimum atomic E-state index is -0.673. The van der Waals surface area contributed by atoms with Crippen LogP contribution < -0.4 is 10.1 Å². The molecule has 0 amide bonds. The number of aryl methyl sites for hydroxylation is 1. The van der Waals surface area contributed by atoms with Gasteiger partial charge in [0.2, 0.25) is 0 Å². The fourth-order valence-corrected chi connectivity index (χ4v) is 2.04. The van der Waals surface area contributed by atoms with E-state index in [0.29, 0.717) is 28.9 Å². The fraction of sp³-hybridized carbons (Fsp3) is 0.357. The van der Waals surface area contributed by atoms with Crippen LogP contribution in [0.25, 0.3) is 0 Å². The average Bonchev–Trinajstić information content (AvgIpc) is 2.85. The van der Waals surface area contributed by atoms with Gasteiger partial charge in [-0.3, -0.25) is 0 Å². The smallest absolute Gasteiger partial charge is 0.139 e. The number of ether oxygens (including phenoxy) is 1. The van der Waals surface area contributed by atoms with Gasteiger partial charge in [-0.1, -0.05) is 28.4 Å². The molecule has 1 heterocycles. The van der Waals surface area contributed by atoms with Crippen LogP contribution >= 0.6 is 23.2 Å². The summed E-state index contributed by atoms with van der Waals surface area (Å²) in [5, 5.41) is 17.7. The molecule has 2 aromatic rings. The van der Waals surface area contributed by atoms with E-state index in [1.807, 2.05) is 13.0 Å². The molecular formula is C14H16Cl2N2O3. The third kappa shape index (κ3) is 5.21. The Morgan fingerprint density at radius 2 is 2.19 bits per heavy atom. The zero-order chi connectivity index (χ0) is 15.2. The van der Waals surface area contributed by atoms with Crippen molar-refractivity contribution in [2.75, 3.05) is 13.2 Å². The van der Waals surface area contributed by atoms with E-state index in [2.05, 4.69) is 10.5 Å². The predicted octanol–water partition coefficient (Wildman–Crippen LogP) is 2.82. The van der Waals surface area contributed by atoms with Crippen LogP contribution in [-0.2, 0) is 6.54 Å². The SMILES string of the molecule is Cc1cc(CNCC(O)COc2cc(Cl)ccc2Cl)no1. The molecule has 114 valence electrons. The summed E-state index contributed by atoms with van der Waals surface area (Å²) in [6.45, 7) is 2.83. The number of rotatable bonds is 7. The van der Waals surface area contributed by atoms with Crippen LogP contribution in [0.15, 0.2) is 28.8 Å². The Hall–Kier alpha value is -1.27. The lowest BCUT2D eigenvalue weighted by Crippen LogP contribution is -2.31. The van der Waals surface area contributed by atoms with Crippen LogP contribution in [-0.4, -0.2) is 29.5 Å². The largest absolute Gasteiger partial charge is 0.489 e. The standard InChI is InChI=1S/C14H16Cl2N2O3/c1-9-4-11(18-21-9)6-17-7-12(19)8-20-14-5-10(15)2-3-13(14)16/h2-5,12,17,19H,6-8H2,1H3. The molecule has 5 nitrogen and oxygen atoms in total. The lowest BCUT2D eigenvalue weighted by atomic mass is 10.3. The van der Waals surface area contributed by atoms with Crippen molar-refractivity contribution in [2.24, 2.45) is 0 Å². The number of benzene rings is 1. The highest BCUT2D eigenvalue weighted by Gasteiger charge is 2.08. The van der Waals surface area contributed by atoms with E-state index >= 15 is 0 Å². The highest BCUT2D eigenvalue weighted by atomic mass is 35.5. The Kier molecular flexibility index (Phi) is 5.87. The number of hydrogen-bond donors (Lipinski definition) is 2. The number of nitrogens with one attached hydrogen (secondary N) is 1. The predicted molar refractivity (Wildman–Crippen MR) is 80.9 cm³/mol. The number of halogens is 2. The van der Waals surface area contributed by atoms with Gasteiger partial charge in [0.1, 0.15) is 24.2 Å². The van der Waals surface area contributed by atoms with Gasteiger partial charge in [0.05, 0.1) is 10.7 Å². The van der Waals surface area contributed by atoms with Crippen molar-refractivity contribution >= 4 is 23.2 Å². The van der Waals surface area contributed by atoms with Gasteiger partial charge in [-0.15, -0.1) is 0 Å². The molecule has 2 N–H and O–H groups in total. The molecule has 21 heavy (non-hydrogen) atoms. The zero-order valence-electron chi connectivity index (χ0n) is 11.5. The van der Waals surface area contributed by atoms with E-state index in [4.69, 9.17) is 32.5 Å². The molecule has 0 saturated carbocycles. The summed E-state index contributed by atoms with van der Waals surface area (Å²) in [5.74, 6) is 1.21. The molecule has 0 saturated heterocycles. The second-order valence-electron chi connectivity index (χ2n) is 4.60. The van der Waals surface area contributed by atoms with Gasteiger partial charge in [0.15, 0.2) is 0 Å². The minimum absolute atomic E-state index is 0.116. The maximum Gasteiger partial charge on any atom is 0.139 e. The van der Waals surface area contributed by atoms with E-state index < -0.39 is 6.10 Å². The normalized spacial score (nSPS) is 12.4. The van der Waals surface area contributed by atoms with Gasteiger partial charge in [-0.05, 0) is 19.1 Å². The van der Waals surface area contributed by atoms with Gasteiger partial charge in [0.25, 0.3) is 0 Å². The summed E-state index contributed by atoms with van der Waals surface area (Å²) < 4.78 is 10.4. The molecule has 0 aliphatic heterocycles. The third-order valence-electron chi connectivity index (χ3n) is 2.69. The van der Waals surface area contributed by atoms with Crippen LogP contribution in [0.2, 0.25) is 10.0 Å². The summed E-state index contributed by atoms with van der Waals surface area (Å²) >= 11 is 11.8. The van der Waals surface area contributed by atoms with E-state index in [0.717, 1.165) is 11.5 Å². The first-order valence-electron chi connectivity index (χ1n) is 6.43. The maximum atomic E-state index is 9.85. The molecular weight excluding hydrogens is 315 g/mol. The second-order valence-corrected chi connectivity index (χ2v) is 5.44. The van der Waals surface area contributed by atoms with Crippen LogP contribution in [0.4, 0.5) is 0 Å². The van der Waals surface area contributed by atoms with Crippen LogP contribution in [0, 0.1) is 6.92 Å². The molecule has 0 aliphatic carbocycles. The Labute approximate surface area is 132 Å². The van der Waals surface area contributed by atoms with Crippen molar-refractivity contribution in [2.45, 2.75) is 19.6 Å². The molecule has 0 radical (unpaired) electrons. The van der Waals surface area contributed by atoms with E-state index in [1.165, 1.54) is 0 Å². The zero-order valence-corrected chi connectivity index (χ0v) is 13.0. The molecule has 1 atom stereocenters. The Bertz CT molecular complexity index is 589. The first kappa shape index (κ1) is 16.1. The van der Waals surface area contributed by atoms with Crippen molar-refractivity contribution in [3.63, 3.8) is 0 Å². The molecule has 0 spiro atoms. The summed E-state index contributed by atoms with van der Waals surface area (Å²) in [5.41, 5.74) is 0.790. The van der Waals surface area contributed by atoms with Crippen LogP contribution in [0.3, 0.4) is 0 Å². The molecule has 0 aliphatic rings. The minimum Gasteiger partial charge on any atom is -0.489 e. The number of nitrogens with zero attached hydrogens (tertiary/aromatic N) is 1. The number of aliphatic hydroxyl groups excluding tert-OH is 1. The number of aliphatic hydroxyl groups is 1. The fourth-order valence-electron chi connectivity index (χ4n) is 1.70. The molecule has 0 bridgehead atoms. The van der Waals surface area contributed by atoms with Gasteiger partial charge >= 0.3 is 0 Å². The van der Waals surface area contributed by atoms with Crippen molar-refractivity contribution in [1.29, 1.82) is 0 Å². The van der Waals surface area contributed by atoms with E-state index in [9.17, 15) is 5.11 Å². The van der Waals surface area contributed by atoms with Gasteiger partial charge < -0.3 is 19.7 Å². The monoisotopic (exact) mass is 330 g/mol. The van der Waals surface area contributed by atoms with Crippen molar-refractivity contribution < 1.29 is 14.4 Å². The Morgan fingerprint density at radius 3 is 2.90 bits per heavy atom. The highest BCUT2D eigenvalue weighted by Crippen LogP contribution is 2.27. The summed E-state index contributed by atoms with van der Waals surface area (Å²) in [6, 6.07) is 6.77. The average molecular weight is 331 g/mol. The Morgan fingerprint density at radius 1 is 1.38 bits per heavy atom. The Balaban J connectivity index is 1.72. The third-order valence-corrected chi connectivity index (χ3v) is 3.23. The molecule has 1 unspecified atom stereocenters. The molecule has 1 aromatic carbocycles. The van der Waals surface area contributed by atoms with Crippen molar-refractivity contribution in [1.82, 2.24) is 10.5 Å². The van der Waals surface area contributed by atoms with Crippen molar-refractivity contribution in [3.05, 3.63) is 45.8 Å². The molecule has 0 fully saturated rings. The van der Waals surface area contributed by atoms with Crippen molar-refractivity contribution in [3.8, 4) is 5.75 Å². The molecule has 7 heteroatoms.